The van der Waals surface area contributed by atoms with Gasteiger partial charge in [0.15, 0.2) is 5.79 Å². The van der Waals surface area contributed by atoms with Gasteiger partial charge < -0.3 is 14.4 Å². The third-order valence-electron chi connectivity index (χ3n) is 4.38. The van der Waals surface area contributed by atoms with Gasteiger partial charge in [-0.15, -0.1) is 0 Å². The van der Waals surface area contributed by atoms with Gasteiger partial charge in [-0.05, 0) is 24.1 Å². The fourth-order valence-electron chi connectivity index (χ4n) is 3.13. The minimum Gasteiger partial charge on any atom is -0.376 e. The van der Waals surface area contributed by atoms with Crippen LogP contribution in [0.25, 0.3) is 0 Å². The number of ether oxygens (including phenoxy) is 2. The van der Waals surface area contributed by atoms with Crippen LogP contribution in [0.1, 0.15) is 24.8 Å². The fraction of sp³-hybridized carbons (Fsp3) is 0.444. The molecule has 2 fully saturated rings. The van der Waals surface area contributed by atoms with E-state index >= 15 is 0 Å². The molecule has 1 saturated heterocycles. The van der Waals surface area contributed by atoms with E-state index in [0.29, 0.717) is 19.6 Å². The van der Waals surface area contributed by atoms with Gasteiger partial charge in [0.2, 0.25) is 0 Å². The van der Waals surface area contributed by atoms with E-state index < -0.39 is 17.4 Å². The zero-order valence-electron chi connectivity index (χ0n) is 13.3. The van der Waals surface area contributed by atoms with Crippen LogP contribution in [0, 0.1) is 11.6 Å². The second kappa shape index (κ2) is 6.42. The molecule has 1 aromatic rings. The lowest BCUT2D eigenvalue weighted by atomic mass is 9.86. The lowest BCUT2D eigenvalue weighted by Crippen LogP contribution is -2.34. The van der Waals surface area contributed by atoms with Crippen LogP contribution in [0.15, 0.2) is 42.1 Å². The van der Waals surface area contributed by atoms with E-state index in [4.69, 9.17) is 9.47 Å². The van der Waals surface area contributed by atoms with Gasteiger partial charge >= 0.3 is 0 Å². The molecule has 1 heterocycles. The van der Waals surface area contributed by atoms with Crippen molar-refractivity contribution in [3.05, 3.63) is 59.3 Å². The molecule has 0 N–H and O–H groups in total. The van der Waals surface area contributed by atoms with E-state index in [1.165, 1.54) is 18.2 Å². The first kappa shape index (κ1) is 16.1. The van der Waals surface area contributed by atoms with Crippen LogP contribution in [0.5, 0.6) is 0 Å². The first-order valence-corrected chi connectivity index (χ1v) is 7.79. The molecule has 124 valence electrons. The molecule has 0 aromatic heterocycles. The van der Waals surface area contributed by atoms with Gasteiger partial charge in [0, 0.05) is 38.2 Å². The minimum atomic E-state index is -0.545. The predicted molar refractivity (Wildman–Crippen MR) is 83.5 cm³/mol. The number of hydrogen-bond donors (Lipinski definition) is 0. The number of allylic oxidation sites excluding steroid dienone is 1. The summed E-state index contributed by atoms with van der Waals surface area (Å²) in [5.74, 6) is -1.61. The highest BCUT2D eigenvalue weighted by Gasteiger charge is 2.40. The summed E-state index contributed by atoms with van der Waals surface area (Å²) in [6.45, 7) is 5.46. The molecule has 5 heteroatoms. The fourth-order valence-corrected chi connectivity index (χ4v) is 3.13. The van der Waals surface area contributed by atoms with E-state index in [1.807, 2.05) is 6.20 Å². The van der Waals surface area contributed by atoms with Crippen molar-refractivity contribution in [2.75, 3.05) is 20.3 Å². The van der Waals surface area contributed by atoms with Crippen molar-refractivity contribution in [2.45, 2.75) is 31.6 Å². The summed E-state index contributed by atoms with van der Waals surface area (Å²) in [5.41, 5.74) is 2.10. The summed E-state index contributed by atoms with van der Waals surface area (Å²) in [6, 6.07) is 3.91. The maximum atomic E-state index is 13.8. The van der Waals surface area contributed by atoms with Gasteiger partial charge in [-0.25, -0.2) is 8.78 Å². The van der Waals surface area contributed by atoms with Crippen molar-refractivity contribution in [2.24, 2.45) is 0 Å². The minimum absolute atomic E-state index is 0.0661. The average Bonchev–Trinajstić information content (AvgIpc) is 2.95. The van der Waals surface area contributed by atoms with Crippen LogP contribution >= 0.6 is 0 Å². The Balaban J connectivity index is 1.75. The van der Waals surface area contributed by atoms with Gasteiger partial charge in [-0.1, -0.05) is 18.2 Å². The molecule has 2 aliphatic rings. The number of benzene rings is 1. The standard InChI is InChI=1S/C18H21F2NO2/c1-13-6-7-18(22-8-9-23-18)10-14(13)11-21(2)12-15-16(19)4-3-5-17(15)20/h3-5,11H,1,6-10,12H2,2H3/b14-11-. The molecule has 1 aromatic carbocycles. The zero-order valence-corrected chi connectivity index (χ0v) is 13.3. The van der Waals surface area contributed by atoms with Crippen LogP contribution < -0.4 is 0 Å². The predicted octanol–water partition coefficient (Wildman–Crippen LogP) is 3.76. The average molecular weight is 321 g/mol. The Hall–Kier alpha value is -1.72. The molecule has 0 atom stereocenters. The highest BCUT2D eigenvalue weighted by molar-refractivity contribution is 5.32. The molecule has 1 aliphatic heterocycles. The lowest BCUT2D eigenvalue weighted by molar-refractivity contribution is -0.163. The molecule has 1 saturated carbocycles. The van der Waals surface area contributed by atoms with Crippen LogP contribution in [-0.2, 0) is 16.0 Å². The summed E-state index contributed by atoms with van der Waals surface area (Å²) in [5, 5.41) is 0. The highest BCUT2D eigenvalue weighted by atomic mass is 19.1. The van der Waals surface area contributed by atoms with Gasteiger partial charge in [0.05, 0.1) is 13.2 Å². The molecule has 0 amide bonds. The molecular weight excluding hydrogens is 300 g/mol. The molecule has 1 aliphatic carbocycles. The lowest BCUT2D eigenvalue weighted by Gasteiger charge is -2.34. The van der Waals surface area contributed by atoms with Gasteiger partial charge in [-0.2, -0.15) is 0 Å². The first-order valence-electron chi connectivity index (χ1n) is 7.79. The Morgan fingerprint density at radius 1 is 1.26 bits per heavy atom. The van der Waals surface area contributed by atoms with Crippen molar-refractivity contribution in [1.82, 2.24) is 4.90 Å². The number of hydrogen-bond acceptors (Lipinski definition) is 3. The molecule has 3 nitrogen and oxygen atoms in total. The molecule has 0 radical (unpaired) electrons. The highest BCUT2D eigenvalue weighted by Crippen LogP contribution is 2.40. The quantitative estimate of drug-likeness (QED) is 0.846. The maximum absolute atomic E-state index is 13.8. The largest absolute Gasteiger partial charge is 0.376 e. The van der Waals surface area contributed by atoms with Crippen LogP contribution in [0.3, 0.4) is 0 Å². The molecule has 3 rings (SSSR count). The molecule has 0 bridgehead atoms. The second-order valence-electron chi connectivity index (χ2n) is 6.16. The Bertz CT molecular complexity index is 616. The Morgan fingerprint density at radius 2 is 1.91 bits per heavy atom. The van der Waals surface area contributed by atoms with Crippen LogP contribution in [-0.4, -0.2) is 30.9 Å². The Kier molecular flexibility index (Phi) is 4.50. The van der Waals surface area contributed by atoms with Gasteiger partial charge in [0.1, 0.15) is 11.6 Å². The smallest absolute Gasteiger partial charge is 0.172 e. The Labute approximate surface area is 135 Å². The monoisotopic (exact) mass is 321 g/mol. The topological polar surface area (TPSA) is 21.7 Å². The Morgan fingerprint density at radius 3 is 2.57 bits per heavy atom. The van der Waals surface area contributed by atoms with E-state index in [9.17, 15) is 8.78 Å². The van der Waals surface area contributed by atoms with Crippen molar-refractivity contribution in [3.8, 4) is 0 Å². The first-order chi connectivity index (χ1) is 11.0. The van der Waals surface area contributed by atoms with Crippen molar-refractivity contribution < 1.29 is 18.3 Å². The van der Waals surface area contributed by atoms with E-state index in [0.717, 1.165) is 24.0 Å². The number of nitrogens with zero attached hydrogens (tertiary/aromatic N) is 1. The molecule has 1 spiro atoms. The van der Waals surface area contributed by atoms with Crippen LogP contribution in [0.2, 0.25) is 0 Å². The van der Waals surface area contributed by atoms with E-state index in [1.54, 1.807) is 11.9 Å². The van der Waals surface area contributed by atoms with Gasteiger partial charge in [-0.3, -0.25) is 0 Å². The molecule has 0 unspecified atom stereocenters. The maximum Gasteiger partial charge on any atom is 0.172 e. The van der Waals surface area contributed by atoms with Gasteiger partial charge in [0.25, 0.3) is 0 Å². The summed E-state index contributed by atoms with van der Waals surface area (Å²) >= 11 is 0. The number of halogens is 2. The van der Waals surface area contributed by atoms with Crippen LogP contribution in [0.4, 0.5) is 8.78 Å². The summed E-state index contributed by atoms with van der Waals surface area (Å²) < 4.78 is 39.0. The second-order valence-corrected chi connectivity index (χ2v) is 6.16. The third kappa shape index (κ3) is 3.46. The van der Waals surface area contributed by atoms with Crippen molar-refractivity contribution in [3.63, 3.8) is 0 Å². The number of rotatable bonds is 3. The third-order valence-corrected chi connectivity index (χ3v) is 4.38. The summed E-state index contributed by atoms with van der Waals surface area (Å²) in [4.78, 5) is 1.77. The summed E-state index contributed by atoms with van der Waals surface area (Å²) in [6.07, 6.45) is 4.11. The van der Waals surface area contributed by atoms with E-state index in [2.05, 4.69) is 6.58 Å². The normalized spacial score (nSPS) is 22.0. The van der Waals surface area contributed by atoms with E-state index in [-0.39, 0.29) is 12.1 Å². The molecule has 23 heavy (non-hydrogen) atoms. The zero-order chi connectivity index (χ0) is 16.4. The summed E-state index contributed by atoms with van der Waals surface area (Å²) in [7, 11) is 1.80. The molecular formula is C18H21F2NO2. The van der Waals surface area contributed by atoms with Crippen molar-refractivity contribution in [1.29, 1.82) is 0 Å². The SMILES string of the molecule is C=C1CCC2(C/C1=C/N(C)Cc1c(F)cccc1F)OCCO2. The van der Waals surface area contributed by atoms with Crippen molar-refractivity contribution >= 4 is 0 Å².